The predicted octanol–water partition coefficient (Wildman–Crippen LogP) is 2.07. The molecule has 0 aromatic carbocycles. The molecule has 3 heterocycles. The molecule has 2 aromatic rings. The molecule has 1 saturated heterocycles. The van der Waals surface area contributed by atoms with Gasteiger partial charge in [0.1, 0.15) is 0 Å². The minimum atomic E-state index is -3.59. The third-order valence-electron chi connectivity index (χ3n) is 5.67. The van der Waals surface area contributed by atoms with Crippen LogP contribution in [0.3, 0.4) is 0 Å². The predicted molar refractivity (Wildman–Crippen MR) is 139 cm³/mol. The van der Waals surface area contributed by atoms with Crippen LogP contribution in [0.1, 0.15) is 31.2 Å². The summed E-state index contributed by atoms with van der Waals surface area (Å²) in [4.78, 5) is 16.0. The SMILES string of the molecule is N=C(NCCCCCCS(=O)(=O)N(Cc1cccnc1)OCCN1CCOCC1)Nc1ccncc1. The average molecular weight is 520 g/mol. The van der Waals surface area contributed by atoms with Crippen LogP contribution in [-0.2, 0) is 26.1 Å². The number of aromatic nitrogens is 2. The van der Waals surface area contributed by atoms with Gasteiger partial charge >= 0.3 is 0 Å². The molecule has 0 radical (unpaired) electrons. The van der Waals surface area contributed by atoms with Gasteiger partial charge in [-0.15, -0.1) is 0 Å². The fourth-order valence-corrected chi connectivity index (χ4v) is 5.02. The van der Waals surface area contributed by atoms with Gasteiger partial charge in [-0.2, -0.15) is 0 Å². The zero-order valence-electron chi connectivity index (χ0n) is 20.6. The van der Waals surface area contributed by atoms with Crippen LogP contribution in [0.15, 0.2) is 49.1 Å². The van der Waals surface area contributed by atoms with E-state index in [0.29, 0.717) is 39.3 Å². The number of guanidine groups is 1. The first kappa shape index (κ1) is 27.9. The van der Waals surface area contributed by atoms with Gasteiger partial charge in [-0.3, -0.25) is 25.1 Å². The van der Waals surface area contributed by atoms with E-state index in [1.165, 1.54) is 0 Å². The lowest BCUT2D eigenvalue weighted by atomic mass is 10.2. The van der Waals surface area contributed by atoms with Gasteiger partial charge in [-0.05, 0) is 36.6 Å². The lowest BCUT2D eigenvalue weighted by Crippen LogP contribution is -2.40. The van der Waals surface area contributed by atoms with Gasteiger partial charge < -0.3 is 15.4 Å². The molecule has 12 heteroatoms. The Morgan fingerprint density at radius 2 is 1.86 bits per heavy atom. The maximum absolute atomic E-state index is 13.1. The monoisotopic (exact) mass is 519 g/mol. The van der Waals surface area contributed by atoms with Crippen LogP contribution in [0.2, 0.25) is 0 Å². The van der Waals surface area contributed by atoms with E-state index in [1.54, 1.807) is 43.0 Å². The number of sulfonamides is 1. The summed E-state index contributed by atoms with van der Waals surface area (Å²) >= 11 is 0. The quantitative estimate of drug-likeness (QED) is 0.140. The van der Waals surface area contributed by atoms with E-state index in [1.807, 2.05) is 6.07 Å². The molecule has 1 aliphatic rings. The number of nitrogens with zero attached hydrogens (tertiary/aromatic N) is 4. The molecule has 0 amide bonds. The zero-order valence-corrected chi connectivity index (χ0v) is 21.5. The Morgan fingerprint density at radius 1 is 1.08 bits per heavy atom. The Hall–Kier alpha value is -2.64. The number of hydrogen-bond acceptors (Lipinski definition) is 8. The molecule has 11 nitrogen and oxygen atoms in total. The first-order chi connectivity index (χ1) is 17.5. The molecule has 198 valence electrons. The molecule has 1 aliphatic heterocycles. The minimum Gasteiger partial charge on any atom is -0.379 e. The zero-order chi connectivity index (χ0) is 25.5. The van der Waals surface area contributed by atoms with Crippen molar-refractivity contribution < 1.29 is 18.0 Å². The van der Waals surface area contributed by atoms with E-state index in [9.17, 15) is 8.42 Å². The highest BCUT2D eigenvalue weighted by molar-refractivity contribution is 7.88. The molecule has 3 rings (SSSR count). The molecule has 36 heavy (non-hydrogen) atoms. The Kier molecular flexibility index (Phi) is 12.0. The van der Waals surface area contributed by atoms with Gasteiger partial charge in [0.05, 0.1) is 32.1 Å². The molecular weight excluding hydrogens is 482 g/mol. The highest BCUT2D eigenvalue weighted by Crippen LogP contribution is 2.13. The van der Waals surface area contributed by atoms with Crippen molar-refractivity contribution in [1.82, 2.24) is 24.7 Å². The van der Waals surface area contributed by atoms with E-state index in [2.05, 4.69) is 25.5 Å². The second kappa shape index (κ2) is 15.5. The van der Waals surface area contributed by atoms with Crippen molar-refractivity contribution in [2.45, 2.75) is 32.2 Å². The molecule has 0 aliphatic carbocycles. The molecule has 0 bridgehead atoms. The lowest BCUT2D eigenvalue weighted by molar-refractivity contribution is -0.101. The summed E-state index contributed by atoms with van der Waals surface area (Å²) in [5, 5.41) is 13.9. The fourth-order valence-electron chi connectivity index (χ4n) is 3.66. The Labute approximate surface area is 213 Å². The number of ether oxygens (including phenoxy) is 1. The Morgan fingerprint density at radius 3 is 2.61 bits per heavy atom. The first-order valence-electron chi connectivity index (χ1n) is 12.3. The number of pyridine rings is 2. The second-order valence-corrected chi connectivity index (χ2v) is 10.5. The van der Waals surface area contributed by atoms with Crippen molar-refractivity contribution in [2.75, 3.05) is 57.1 Å². The molecule has 3 N–H and O–H groups in total. The van der Waals surface area contributed by atoms with Gasteiger partial charge in [-0.25, -0.2) is 8.42 Å². The number of hydrogen-bond donors (Lipinski definition) is 3. The molecule has 0 saturated carbocycles. The van der Waals surface area contributed by atoms with Gasteiger partial charge in [-0.1, -0.05) is 23.4 Å². The number of unbranched alkanes of at least 4 members (excludes halogenated alkanes) is 3. The van der Waals surface area contributed by atoms with Crippen LogP contribution in [0, 0.1) is 5.41 Å². The summed E-state index contributed by atoms with van der Waals surface area (Å²) in [5.41, 5.74) is 1.58. The van der Waals surface area contributed by atoms with Crippen molar-refractivity contribution in [1.29, 1.82) is 5.41 Å². The van der Waals surface area contributed by atoms with Gasteiger partial charge in [0.15, 0.2) is 5.96 Å². The largest absolute Gasteiger partial charge is 0.379 e. The van der Waals surface area contributed by atoms with Gasteiger partial charge in [0.25, 0.3) is 0 Å². The third kappa shape index (κ3) is 10.5. The number of anilines is 1. The fraction of sp³-hybridized carbons (Fsp3) is 0.542. The number of morpholine rings is 1. The molecule has 2 aromatic heterocycles. The van der Waals surface area contributed by atoms with Crippen LogP contribution in [0.25, 0.3) is 0 Å². The standard InChI is InChI=1S/C24H37N7O4S/c25-24(29-23-7-11-26-12-8-23)28-10-3-1-2-4-19-36(32,33)31(21-22-6-5-9-27-20-22)35-18-15-30-13-16-34-17-14-30/h5-9,11-12,20H,1-4,10,13-19,21H2,(H3,25,26,28,29). The van der Waals surface area contributed by atoms with Crippen LogP contribution in [0.5, 0.6) is 0 Å². The van der Waals surface area contributed by atoms with Crippen molar-refractivity contribution >= 4 is 21.7 Å². The first-order valence-corrected chi connectivity index (χ1v) is 14.0. The molecule has 0 unspecified atom stereocenters. The number of nitrogens with one attached hydrogen (secondary N) is 3. The highest BCUT2D eigenvalue weighted by atomic mass is 32.2. The van der Waals surface area contributed by atoms with E-state index in [0.717, 1.165) is 48.1 Å². The number of hydroxylamine groups is 1. The van der Waals surface area contributed by atoms with Crippen LogP contribution < -0.4 is 10.6 Å². The minimum absolute atomic E-state index is 0.0255. The smallest absolute Gasteiger partial charge is 0.236 e. The van der Waals surface area contributed by atoms with Gasteiger partial charge in [0, 0.05) is 56.7 Å². The van der Waals surface area contributed by atoms with Gasteiger partial charge in [0.2, 0.25) is 10.0 Å². The van der Waals surface area contributed by atoms with Crippen LogP contribution in [0.4, 0.5) is 5.69 Å². The maximum atomic E-state index is 13.1. The molecule has 0 spiro atoms. The van der Waals surface area contributed by atoms with E-state index < -0.39 is 10.0 Å². The van der Waals surface area contributed by atoms with E-state index in [-0.39, 0.29) is 18.3 Å². The number of rotatable bonds is 15. The van der Waals surface area contributed by atoms with Crippen molar-refractivity contribution in [3.8, 4) is 0 Å². The summed E-state index contributed by atoms with van der Waals surface area (Å²) in [6.07, 6.45) is 9.68. The molecule has 0 atom stereocenters. The van der Waals surface area contributed by atoms with E-state index >= 15 is 0 Å². The molecular formula is C24H37N7O4S. The topological polar surface area (TPSA) is 133 Å². The van der Waals surface area contributed by atoms with Crippen LogP contribution >= 0.6 is 0 Å². The third-order valence-corrected chi connectivity index (χ3v) is 7.33. The normalized spacial score (nSPS) is 14.6. The summed E-state index contributed by atoms with van der Waals surface area (Å²) in [6, 6.07) is 7.21. The average Bonchev–Trinajstić information content (AvgIpc) is 2.89. The second-order valence-electron chi connectivity index (χ2n) is 8.50. The summed E-state index contributed by atoms with van der Waals surface area (Å²) in [6.45, 7) is 4.76. The van der Waals surface area contributed by atoms with E-state index in [4.69, 9.17) is 15.0 Å². The van der Waals surface area contributed by atoms with Crippen molar-refractivity contribution in [3.63, 3.8) is 0 Å². The van der Waals surface area contributed by atoms with Crippen molar-refractivity contribution in [3.05, 3.63) is 54.6 Å². The molecule has 1 fully saturated rings. The summed E-state index contributed by atoms with van der Waals surface area (Å²) < 4.78 is 32.6. The Balaban J connectivity index is 1.37. The van der Waals surface area contributed by atoms with Crippen molar-refractivity contribution in [2.24, 2.45) is 0 Å². The maximum Gasteiger partial charge on any atom is 0.236 e. The summed E-state index contributed by atoms with van der Waals surface area (Å²) in [7, 11) is -3.59. The highest BCUT2D eigenvalue weighted by Gasteiger charge is 2.24. The lowest BCUT2D eigenvalue weighted by Gasteiger charge is -2.28. The summed E-state index contributed by atoms with van der Waals surface area (Å²) in [5.74, 6) is 0.251. The Bertz CT molecular complexity index is 990. The van der Waals surface area contributed by atoms with Crippen LogP contribution in [-0.4, -0.2) is 85.5 Å².